The number of nitrogens with zero attached hydrogens (tertiary/aromatic N) is 2. The van der Waals surface area contributed by atoms with E-state index in [0.717, 1.165) is 27.6 Å². The second-order valence-corrected chi connectivity index (χ2v) is 10.4. The molecular formula is C32H26ClN5O4S. The number of carbonyl (C=O) groups is 2. The number of nitrogens with one attached hydrogen (secondary N) is 3. The van der Waals surface area contributed by atoms with E-state index >= 15 is 0 Å². The summed E-state index contributed by atoms with van der Waals surface area (Å²) in [5, 5.41) is 13.4. The molecule has 216 valence electrons. The van der Waals surface area contributed by atoms with Crippen LogP contribution in [-0.4, -0.2) is 36.7 Å². The summed E-state index contributed by atoms with van der Waals surface area (Å²) < 4.78 is 10.7. The number of hydrogen-bond acceptors (Lipinski definition) is 8. The third-order valence-corrected chi connectivity index (χ3v) is 7.06. The Bertz CT molecular complexity index is 1710. The molecule has 0 unspecified atom stereocenters. The van der Waals surface area contributed by atoms with Gasteiger partial charge < -0.3 is 20.1 Å². The van der Waals surface area contributed by atoms with Crippen LogP contribution in [0.3, 0.4) is 0 Å². The van der Waals surface area contributed by atoms with Gasteiger partial charge in [0.25, 0.3) is 11.8 Å². The van der Waals surface area contributed by atoms with Crippen LogP contribution in [-0.2, 0) is 4.79 Å². The lowest BCUT2D eigenvalue weighted by Crippen LogP contribution is -2.20. The van der Waals surface area contributed by atoms with Gasteiger partial charge in [-0.25, -0.2) is 10.4 Å². The highest BCUT2D eigenvalue weighted by Crippen LogP contribution is 2.28. The molecular weight excluding hydrogens is 586 g/mol. The normalized spacial score (nSPS) is 10.7. The van der Waals surface area contributed by atoms with E-state index in [1.54, 1.807) is 67.8 Å². The molecule has 0 bridgehead atoms. The zero-order valence-corrected chi connectivity index (χ0v) is 24.5. The van der Waals surface area contributed by atoms with Crippen LogP contribution in [0.15, 0.2) is 108 Å². The summed E-state index contributed by atoms with van der Waals surface area (Å²) in [5.74, 6) is 0.611. The Morgan fingerprint density at radius 3 is 2.26 bits per heavy atom. The molecule has 0 aliphatic rings. The molecule has 4 aromatic carbocycles. The van der Waals surface area contributed by atoms with E-state index in [4.69, 9.17) is 21.1 Å². The second kappa shape index (κ2) is 14.1. The molecule has 5 aromatic rings. The maximum Gasteiger partial charge on any atom is 0.271 e. The number of hydrogen-bond donors (Lipinski definition) is 3. The van der Waals surface area contributed by atoms with Crippen LogP contribution >= 0.6 is 22.9 Å². The fourth-order valence-electron chi connectivity index (χ4n) is 3.81. The first-order valence-corrected chi connectivity index (χ1v) is 14.3. The summed E-state index contributed by atoms with van der Waals surface area (Å²) in [6.45, 7) is -0.141. The van der Waals surface area contributed by atoms with Crippen molar-refractivity contribution in [3.63, 3.8) is 0 Å². The van der Waals surface area contributed by atoms with Crippen LogP contribution in [0.5, 0.6) is 11.5 Å². The van der Waals surface area contributed by atoms with Gasteiger partial charge in [-0.05, 0) is 90.5 Å². The molecule has 0 saturated carbocycles. The quantitative estimate of drug-likeness (QED) is 0.109. The molecule has 0 radical (unpaired) electrons. The molecule has 5 rings (SSSR count). The number of ether oxygens (including phenoxy) is 2. The summed E-state index contributed by atoms with van der Waals surface area (Å²) in [7, 11) is 1.58. The average Bonchev–Trinajstić information content (AvgIpc) is 3.50. The number of hydrazone groups is 1. The van der Waals surface area contributed by atoms with Crippen molar-refractivity contribution in [3.05, 3.63) is 119 Å². The molecule has 3 N–H and O–H groups in total. The lowest BCUT2D eigenvalue weighted by molar-refractivity contribution is -0.118. The van der Waals surface area contributed by atoms with Gasteiger partial charge in [-0.15, -0.1) is 11.3 Å². The van der Waals surface area contributed by atoms with E-state index in [9.17, 15) is 9.59 Å². The van der Waals surface area contributed by atoms with Crippen molar-refractivity contribution < 1.29 is 19.1 Å². The molecule has 0 atom stereocenters. The Labute approximate surface area is 257 Å². The van der Waals surface area contributed by atoms with Gasteiger partial charge in [-0.2, -0.15) is 5.10 Å². The third-order valence-electron chi connectivity index (χ3n) is 6.05. The van der Waals surface area contributed by atoms with Gasteiger partial charge in [-0.3, -0.25) is 9.59 Å². The summed E-state index contributed by atoms with van der Waals surface area (Å²) in [6.07, 6.45) is 1.52. The Hall–Kier alpha value is -5.19. The van der Waals surface area contributed by atoms with Gasteiger partial charge in [-0.1, -0.05) is 23.7 Å². The lowest BCUT2D eigenvalue weighted by atomic mass is 10.1. The summed E-state index contributed by atoms with van der Waals surface area (Å²) in [6, 6.07) is 28.5. The van der Waals surface area contributed by atoms with Gasteiger partial charge in [0.1, 0.15) is 11.5 Å². The molecule has 11 heteroatoms. The fourth-order valence-corrected chi connectivity index (χ4v) is 4.68. The molecule has 0 spiro atoms. The first-order chi connectivity index (χ1) is 20.9. The molecule has 9 nitrogen and oxygen atoms in total. The summed E-state index contributed by atoms with van der Waals surface area (Å²) >= 11 is 7.43. The number of aromatic nitrogens is 1. The minimum absolute atomic E-state index is 0.141. The van der Waals surface area contributed by atoms with Crippen molar-refractivity contribution in [3.8, 4) is 22.8 Å². The maximum atomic E-state index is 12.6. The van der Waals surface area contributed by atoms with E-state index in [-0.39, 0.29) is 18.4 Å². The Morgan fingerprint density at radius 2 is 1.56 bits per heavy atom. The molecule has 2 amide bonds. The third kappa shape index (κ3) is 8.41. The molecule has 0 aliphatic heterocycles. The molecule has 1 heterocycles. The smallest absolute Gasteiger partial charge is 0.271 e. The number of carbonyl (C=O) groups excluding carboxylic acids is 2. The van der Waals surface area contributed by atoms with Crippen molar-refractivity contribution in [2.24, 2.45) is 5.10 Å². The standard InChI is InChI=1S/C32H26ClN5O4S/c1-41-27-16-12-25(13-17-27)35-30(39)19-42-28-14-2-21(3-15-28)18-34-38-31(40)23-6-4-22(5-7-23)29-20-43-32(37-29)36-26-10-8-24(33)9-11-26/h2-18,20H,19H2,1H3,(H,35,39)(H,36,37)(H,38,40)/b34-18-. The highest BCUT2D eigenvalue weighted by Gasteiger charge is 2.09. The van der Waals surface area contributed by atoms with Gasteiger partial charge in [0.15, 0.2) is 11.7 Å². The number of halogens is 1. The monoisotopic (exact) mass is 611 g/mol. The first-order valence-electron chi connectivity index (χ1n) is 13.0. The van der Waals surface area contributed by atoms with Gasteiger partial charge in [0, 0.05) is 32.9 Å². The van der Waals surface area contributed by atoms with Gasteiger partial charge in [0.05, 0.1) is 19.0 Å². The van der Waals surface area contributed by atoms with Crippen LogP contribution in [0.2, 0.25) is 5.02 Å². The molecule has 43 heavy (non-hydrogen) atoms. The van der Waals surface area contributed by atoms with E-state index < -0.39 is 0 Å². The number of rotatable bonds is 11. The minimum atomic E-state index is -0.339. The van der Waals surface area contributed by atoms with Crippen molar-refractivity contribution in [2.45, 2.75) is 0 Å². The molecule has 0 saturated heterocycles. The van der Waals surface area contributed by atoms with E-state index in [1.165, 1.54) is 17.6 Å². The largest absolute Gasteiger partial charge is 0.497 e. The highest BCUT2D eigenvalue weighted by atomic mass is 35.5. The average molecular weight is 612 g/mol. The number of anilines is 3. The Balaban J connectivity index is 1.07. The van der Waals surface area contributed by atoms with Crippen molar-refractivity contribution in [1.29, 1.82) is 0 Å². The molecule has 1 aromatic heterocycles. The number of amides is 2. The number of methoxy groups -OCH3 is 1. The predicted molar refractivity (Wildman–Crippen MR) is 171 cm³/mol. The molecule has 0 aliphatic carbocycles. The fraction of sp³-hybridized carbons (Fsp3) is 0.0625. The predicted octanol–water partition coefficient (Wildman–Crippen LogP) is 7.00. The Morgan fingerprint density at radius 1 is 0.884 bits per heavy atom. The number of thiazole rings is 1. The summed E-state index contributed by atoms with van der Waals surface area (Å²) in [5.41, 5.74) is 6.98. The second-order valence-electron chi connectivity index (χ2n) is 9.08. The highest BCUT2D eigenvalue weighted by molar-refractivity contribution is 7.14. The van der Waals surface area contributed by atoms with Crippen molar-refractivity contribution >= 4 is 57.5 Å². The minimum Gasteiger partial charge on any atom is -0.497 e. The SMILES string of the molecule is COc1ccc(NC(=O)COc2ccc(/C=N\NC(=O)c3ccc(-c4csc(Nc5ccc(Cl)cc5)n4)cc3)cc2)cc1. The van der Waals surface area contributed by atoms with Crippen LogP contribution in [0.25, 0.3) is 11.3 Å². The number of benzene rings is 4. The maximum absolute atomic E-state index is 12.6. The van der Waals surface area contributed by atoms with Crippen LogP contribution < -0.4 is 25.5 Å². The van der Waals surface area contributed by atoms with E-state index in [0.29, 0.717) is 27.8 Å². The van der Waals surface area contributed by atoms with Gasteiger partial charge in [0.2, 0.25) is 0 Å². The van der Waals surface area contributed by atoms with Gasteiger partial charge >= 0.3 is 0 Å². The Kier molecular flexibility index (Phi) is 9.63. The van der Waals surface area contributed by atoms with Crippen molar-refractivity contribution in [2.75, 3.05) is 24.4 Å². The topological polar surface area (TPSA) is 114 Å². The van der Waals surface area contributed by atoms with E-state index in [1.807, 2.05) is 41.8 Å². The van der Waals surface area contributed by atoms with Crippen LogP contribution in [0, 0.1) is 0 Å². The van der Waals surface area contributed by atoms with Crippen LogP contribution in [0.1, 0.15) is 15.9 Å². The zero-order valence-electron chi connectivity index (χ0n) is 22.9. The van der Waals surface area contributed by atoms with Crippen LogP contribution in [0.4, 0.5) is 16.5 Å². The van der Waals surface area contributed by atoms with E-state index in [2.05, 4.69) is 26.1 Å². The zero-order chi connectivity index (χ0) is 30.0. The lowest BCUT2D eigenvalue weighted by Gasteiger charge is -2.08. The van der Waals surface area contributed by atoms with Crippen molar-refractivity contribution in [1.82, 2.24) is 10.4 Å². The first kappa shape index (κ1) is 29.3. The summed E-state index contributed by atoms with van der Waals surface area (Å²) in [4.78, 5) is 29.3. The molecule has 0 fully saturated rings.